The van der Waals surface area contributed by atoms with Gasteiger partial charge in [0.05, 0.1) is 26.4 Å². The second-order valence-corrected chi connectivity index (χ2v) is 2.00. The smallest absolute Gasteiger partial charge is 0.181 e. The standard InChI is InChI=1S/C7H12O3/c1-2-3-9-7-6-8-4-5-10-7/h2,7H,1,3-6H2. The first-order valence-electron chi connectivity index (χ1n) is 3.35. The van der Waals surface area contributed by atoms with E-state index in [1.54, 1.807) is 6.08 Å². The van der Waals surface area contributed by atoms with E-state index in [2.05, 4.69) is 6.58 Å². The van der Waals surface area contributed by atoms with Gasteiger partial charge in [-0.2, -0.15) is 0 Å². The van der Waals surface area contributed by atoms with Crippen LogP contribution < -0.4 is 0 Å². The van der Waals surface area contributed by atoms with Gasteiger partial charge in [0.15, 0.2) is 6.29 Å². The minimum absolute atomic E-state index is 0.188. The van der Waals surface area contributed by atoms with Crippen molar-refractivity contribution in [2.45, 2.75) is 6.29 Å². The summed E-state index contributed by atoms with van der Waals surface area (Å²) in [4.78, 5) is 0. The summed E-state index contributed by atoms with van der Waals surface area (Å²) in [7, 11) is 0. The van der Waals surface area contributed by atoms with Crippen molar-refractivity contribution >= 4 is 0 Å². The molecule has 1 saturated heterocycles. The highest BCUT2D eigenvalue weighted by Crippen LogP contribution is 2.01. The summed E-state index contributed by atoms with van der Waals surface area (Å²) in [5.74, 6) is 0. The Morgan fingerprint density at radius 2 is 2.50 bits per heavy atom. The van der Waals surface area contributed by atoms with E-state index in [1.807, 2.05) is 0 Å². The molecular formula is C7H12O3. The van der Waals surface area contributed by atoms with Crippen LogP contribution in [-0.2, 0) is 14.2 Å². The van der Waals surface area contributed by atoms with Crippen LogP contribution in [-0.4, -0.2) is 32.7 Å². The van der Waals surface area contributed by atoms with Gasteiger partial charge >= 0.3 is 0 Å². The highest BCUT2D eigenvalue weighted by atomic mass is 16.7. The summed E-state index contributed by atoms with van der Waals surface area (Å²) in [5, 5.41) is 0. The Balaban J connectivity index is 2.07. The van der Waals surface area contributed by atoms with Crippen LogP contribution in [0.3, 0.4) is 0 Å². The van der Waals surface area contributed by atoms with Crippen molar-refractivity contribution in [3.63, 3.8) is 0 Å². The van der Waals surface area contributed by atoms with Gasteiger partial charge in [-0.25, -0.2) is 0 Å². The summed E-state index contributed by atoms with van der Waals surface area (Å²) in [6.45, 7) is 5.88. The maximum absolute atomic E-state index is 5.18. The molecule has 1 unspecified atom stereocenters. The van der Waals surface area contributed by atoms with E-state index >= 15 is 0 Å². The van der Waals surface area contributed by atoms with Crippen LogP contribution in [0.25, 0.3) is 0 Å². The fourth-order valence-corrected chi connectivity index (χ4v) is 0.738. The van der Waals surface area contributed by atoms with Crippen LogP contribution in [0, 0.1) is 0 Å². The molecule has 0 bridgehead atoms. The Morgan fingerprint density at radius 3 is 3.10 bits per heavy atom. The van der Waals surface area contributed by atoms with E-state index in [0.717, 1.165) is 0 Å². The Bertz CT molecular complexity index is 97.0. The maximum atomic E-state index is 5.18. The third kappa shape index (κ3) is 2.47. The molecule has 10 heavy (non-hydrogen) atoms. The van der Waals surface area contributed by atoms with Crippen LogP contribution >= 0.6 is 0 Å². The molecule has 1 atom stereocenters. The summed E-state index contributed by atoms with van der Waals surface area (Å²) in [6, 6.07) is 0. The molecule has 0 aliphatic carbocycles. The molecule has 0 spiro atoms. The largest absolute Gasteiger partial charge is 0.374 e. The second-order valence-electron chi connectivity index (χ2n) is 2.00. The van der Waals surface area contributed by atoms with Crippen molar-refractivity contribution in [3.8, 4) is 0 Å². The van der Waals surface area contributed by atoms with Gasteiger partial charge in [0.1, 0.15) is 0 Å². The van der Waals surface area contributed by atoms with Gasteiger partial charge in [-0.1, -0.05) is 6.08 Å². The monoisotopic (exact) mass is 144 g/mol. The quantitative estimate of drug-likeness (QED) is 0.542. The van der Waals surface area contributed by atoms with E-state index in [4.69, 9.17) is 14.2 Å². The maximum Gasteiger partial charge on any atom is 0.181 e. The second kappa shape index (κ2) is 4.44. The Morgan fingerprint density at radius 1 is 1.60 bits per heavy atom. The van der Waals surface area contributed by atoms with E-state index in [1.165, 1.54) is 0 Å². The fourth-order valence-electron chi connectivity index (χ4n) is 0.738. The molecule has 1 fully saturated rings. The molecule has 0 aromatic carbocycles. The topological polar surface area (TPSA) is 27.7 Å². The molecule has 0 aromatic heterocycles. The SMILES string of the molecule is C=CCOC1COCCO1. The zero-order chi connectivity index (χ0) is 7.23. The van der Waals surface area contributed by atoms with E-state index in [9.17, 15) is 0 Å². The third-order valence-electron chi connectivity index (χ3n) is 1.19. The van der Waals surface area contributed by atoms with Crippen molar-refractivity contribution in [1.29, 1.82) is 0 Å². The number of rotatable bonds is 3. The third-order valence-corrected chi connectivity index (χ3v) is 1.19. The van der Waals surface area contributed by atoms with Crippen molar-refractivity contribution in [2.75, 3.05) is 26.4 Å². The highest BCUT2D eigenvalue weighted by Gasteiger charge is 2.12. The van der Waals surface area contributed by atoms with Crippen LogP contribution in [0.2, 0.25) is 0 Å². The molecule has 3 heteroatoms. The van der Waals surface area contributed by atoms with Crippen LogP contribution in [0.4, 0.5) is 0 Å². The van der Waals surface area contributed by atoms with Gasteiger partial charge in [0, 0.05) is 0 Å². The lowest BCUT2D eigenvalue weighted by atomic mass is 10.6. The Kier molecular flexibility index (Phi) is 3.43. The van der Waals surface area contributed by atoms with Crippen molar-refractivity contribution in [1.82, 2.24) is 0 Å². The molecule has 0 amide bonds. The average molecular weight is 144 g/mol. The van der Waals surface area contributed by atoms with Gasteiger partial charge in [0.2, 0.25) is 0 Å². The van der Waals surface area contributed by atoms with Crippen molar-refractivity contribution in [2.24, 2.45) is 0 Å². The molecule has 58 valence electrons. The molecule has 1 heterocycles. The molecule has 1 rings (SSSR count). The van der Waals surface area contributed by atoms with E-state index in [-0.39, 0.29) is 6.29 Å². The molecule has 0 aromatic rings. The lowest BCUT2D eigenvalue weighted by Gasteiger charge is -2.22. The zero-order valence-electron chi connectivity index (χ0n) is 5.91. The normalized spacial score (nSPS) is 26.2. The molecule has 1 aliphatic rings. The molecule has 1 aliphatic heterocycles. The summed E-state index contributed by atoms with van der Waals surface area (Å²) >= 11 is 0. The van der Waals surface area contributed by atoms with Gasteiger partial charge in [0.25, 0.3) is 0 Å². The van der Waals surface area contributed by atoms with Gasteiger partial charge < -0.3 is 14.2 Å². The van der Waals surface area contributed by atoms with E-state index < -0.39 is 0 Å². The number of hydrogen-bond donors (Lipinski definition) is 0. The van der Waals surface area contributed by atoms with Crippen molar-refractivity contribution < 1.29 is 14.2 Å². The first kappa shape index (κ1) is 7.72. The Labute approximate surface area is 60.6 Å². The number of hydrogen-bond acceptors (Lipinski definition) is 3. The number of ether oxygens (including phenoxy) is 3. The minimum atomic E-state index is -0.188. The van der Waals surface area contributed by atoms with Crippen LogP contribution in [0.5, 0.6) is 0 Å². The predicted molar refractivity (Wildman–Crippen MR) is 36.7 cm³/mol. The molecule has 0 radical (unpaired) electrons. The summed E-state index contributed by atoms with van der Waals surface area (Å²) in [5.41, 5.74) is 0. The minimum Gasteiger partial charge on any atom is -0.374 e. The average Bonchev–Trinajstić information content (AvgIpc) is 2.03. The van der Waals surface area contributed by atoms with Crippen molar-refractivity contribution in [3.05, 3.63) is 12.7 Å². The molecule has 0 N–H and O–H groups in total. The zero-order valence-corrected chi connectivity index (χ0v) is 5.91. The first-order chi connectivity index (χ1) is 4.93. The van der Waals surface area contributed by atoms with Crippen LogP contribution in [0.1, 0.15) is 0 Å². The highest BCUT2D eigenvalue weighted by molar-refractivity contribution is 4.64. The molecule has 3 nitrogen and oxygen atoms in total. The fraction of sp³-hybridized carbons (Fsp3) is 0.714. The van der Waals surface area contributed by atoms with E-state index in [0.29, 0.717) is 26.4 Å². The summed E-state index contributed by atoms with van der Waals surface area (Å²) < 4.78 is 15.4. The van der Waals surface area contributed by atoms with Crippen LogP contribution in [0.15, 0.2) is 12.7 Å². The lowest BCUT2D eigenvalue weighted by molar-refractivity contribution is -0.206. The Hall–Kier alpha value is -0.380. The lowest BCUT2D eigenvalue weighted by Crippen LogP contribution is -2.30. The predicted octanol–water partition coefficient (Wildman–Crippen LogP) is 0.562. The van der Waals surface area contributed by atoms with Gasteiger partial charge in [-0.3, -0.25) is 0 Å². The van der Waals surface area contributed by atoms with Gasteiger partial charge in [-0.15, -0.1) is 6.58 Å². The van der Waals surface area contributed by atoms with Gasteiger partial charge in [-0.05, 0) is 0 Å². The summed E-state index contributed by atoms with van der Waals surface area (Å²) in [6.07, 6.45) is 1.50. The molecule has 0 saturated carbocycles. The first-order valence-corrected chi connectivity index (χ1v) is 3.35. The molecular weight excluding hydrogens is 132 g/mol.